The highest BCUT2D eigenvalue weighted by Crippen LogP contribution is 2.38. The molecule has 0 N–H and O–H groups in total. The number of esters is 1. The number of benzene rings is 1. The van der Waals surface area contributed by atoms with Crippen LogP contribution in [0.3, 0.4) is 0 Å². The summed E-state index contributed by atoms with van der Waals surface area (Å²) in [6.45, 7) is 12.9. The minimum absolute atomic E-state index is 0.126. The van der Waals surface area contributed by atoms with Crippen LogP contribution in [0.4, 0.5) is 0 Å². The van der Waals surface area contributed by atoms with Gasteiger partial charge in [0.15, 0.2) is 0 Å². The fourth-order valence-corrected chi connectivity index (χ4v) is 2.56. The fourth-order valence-electron chi connectivity index (χ4n) is 1.48. The summed E-state index contributed by atoms with van der Waals surface area (Å²) in [5.41, 5.74) is 1.41. The van der Waals surface area contributed by atoms with Crippen molar-refractivity contribution < 1.29 is 14.0 Å². The van der Waals surface area contributed by atoms with Crippen LogP contribution in [-0.2, 0) is 4.74 Å². The van der Waals surface area contributed by atoms with Gasteiger partial charge < -0.3 is 9.16 Å². The highest BCUT2D eigenvalue weighted by atomic mass is 28.4. The molecule has 19 heavy (non-hydrogen) atoms. The van der Waals surface area contributed by atoms with Crippen LogP contribution in [0.5, 0.6) is 5.75 Å². The highest BCUT2D eigenvalue weighted by molar-refractivity contribution is 6.74. The van der Waals surface area contributed by atoms with Crippen molar-refractivity contribution in [2.45, 2.75) is 45.8 Å². The van der Waals surface area contributed by atoms with E-state index >= 15 is 0 Å². The molecule has 106 valence electrons. The van der Waals surface area contributed by atoms with E-state index in [-0.39, 0.29) is 11.0 Å². The first-order chi connectivity index (χ1) is 8.60. The lowest BCUT2D eigenvalue weighted by atomic mass is 10.1. The Bertz CT molecular complexity index is 473. The van der Waals surface area contributed by atoms with E-state index in [9.17, 15) is 4.79 Å². The van der Waals surface area contributed by atoms with E-state index in [0.717, 1.165) is 11.3 Å². The molecule has 3 nitrogen and oxygen atoms in total. The molecule has 0 aliphatic heterocycles. The average molecular weight is 280 g/mol. The van der Waals surface area contributed by atoms with Gasteiger partial charge in [0, 0.05) is 5.56 Å². The molecule has 1 rings (SSSR count). The van der Waals surface area contributed by atoms with Crippen LogP contribution in [0.15, 0.2) is 18.2 Å². The highest BCUT2D eigenvalue weighted by Gasteiger charge is 2.39. The van der Waals surface area contributed by atoms with Gasteiger partial charge in [0.2, 0.25) is 8.32 Å². The zero-order valence-electron chi connectivity index (χ0n) is 13.0. The third-order valence-electron chi connectivity index (χ3n) is 3.86. The molecule has 1 aromatic carbocycles. The number of carbonyl (C=O) groups is 1. The molecule has 0 amide bonds. The second kappa shape index (κ2) is 5.37. The number of methoxy groups -OCH3 is 1. The molecule has 1 aromatic rings. The topological polar surface area (TPSA) is 35.5 Å². The van der Waals surface area contributed by atoms with Gasteiger partial charge in [-0.2, -0.15) is 0 Å². The Morgan fingerprint density at radius 2 is 1.79 bits per heavy atom. The first kappa shape index (κ1) is 15.8. The molecule has 0 heterocycles. The summed E-state index contributed by atoms with van der Waals surface area (Å²) in [6.07, 6.45) is 0. The Labute approximate surface area is 117 Å². The van der Waals surface area contributed by atoms with Crippen molar-refractivity contribution in [2.75, 3.05) is 7.11 Å². The SMILES string of the molecule is COC(=O)c1cccc(O[Si](C)(C)C(C)(C)C)c1C. The van der Waals surface area contributed by atoms with Gasteiger partial charge in [-0.05, 0) is 37.2 Å². The predicted molar refractivity (Wildman–Crippen MR) is 80.3 cm³/mol. The van der Waals surface area contributed by atoms with E-state index in [2.05, 4.69) is 33.9 Å². The quantitative estimate of drug-likeness (QED) is 0.616. The van der Waals surface area contributed by atoms with E-state index in [1.54, 1.807) is 6.07 Å². The molecule has 0 aromatic heterocycles. The minimum Gasteiger partial charge on any atom is -0.543 e. The number of hydrogen-bond donors (Lipinski definition) is 0. The van der Waals surface area contributed by atoms with Crippen LogP contribution in [0.1, 0.15) is 36.7 Å². The Hall–Kier alpha value is -1.29. The number of rotatable bonds is 3. The monoisotopic (exact) mass is 280 g/mol. The van der Waals surface area contributed by atoms with Crippen molar-refractivity contribution in [3.05, 3.63) is 29.3 Å². The maximum absolute atomic E-state index is 11.7. The Morgan fingerprint density at radius 3 is 2.26 bits per heavy atom. The molecule has 0 atom stereocenters. The van der Waals surface area contributed by atoms with Crippen LogP contribution in [0, 0.1) is 6.92 Å². The molecule has 0 spiro atoms. The van der Waals surface area contributed by atoms with E-state index < -0.39 is 8.32 Å². The zero-order valence-corrected chi connectivity index (χ0v) is 14.0. The standard InChI is InChI=1S/C15H24O3Si/c1-11-12(14(16)17-5)9-8-10-13(11)18-19(6,7)15(2,3)4/h8-10H,1-7H3. The second-order valence-corrected chi connectivity index (χ2v) is 11.0. The summed E-state index contributed by atoms with van der Waals surface area (Å²) in [4.78, 5) is 11.7. The van der Waals surface area contributed by atoms with Gasteiger partial charge in [-0.15, -0.1) is 0 Å². The molecule has 0 bridgehead atoms. The van der Waals surface area contributed by atoms with Crippen molar-refractivity contribution in [1.82, 2.24) is 0 Å². The van der Waals surface area contributed by atoms with Gasteiger partial charge in [-0.3, -0.25) is 0 Å². The van der Waals surface area contributed by atoms with E-state index in [4.69, 9.17) is 9.16 Å². The summed E-state index contributed by atoms with van der Waals surface area (Å²) in [7, 11) is -0.505. The molecule has 0 saturated heterocycles. The second-order valence-electron chi connectivity index (χ2n) is 6.28. The molecule has 0 unspecified atom stereocenters. The first-order valence-electron chi connectivity index (χ1n) is 6.47. The van der Waals surface area contributed by atoms with Gasteiger partial charge in [0.05, 0.1) is 12.7 Å². The van der Waals surface area contributed by atoms with Crippen LogP contribution in [0.2, 0.25) is 18.1 Å². The third kappa shape index (κ3) is 3.38. The first-order valence-corrected chi connectivity index (χ1v) is 9.38. The predicted octanol–water partition coefficient (Wildman–Crippen LogP) is 4.17. The summed E-state index contributed by atoms with van der Waals surface area (Å²) in [6, 6.07) is 5.52. The molecule has 0 aliphatic carbocycles. The van der Waals surface area contributed by atoms with Gasteiger partial charge >= 0.3 is 5.97 Å². The summed E-state index contributed by atoms with van der Waals surface area (Å²) in [5, 5.41) is 0.126. The normalized spacial score (nSPS) is 12.2. The third-order valence-corrected chi connectivity index (χ3v) is 8.20. The van der Waals surface area contributed by atoms with E-state index in [1.807, 2.05) is 19.1 Å². The number of carbonyl (C=O) groups excluding carboxylic acids is 1. The summed E-state index contributed by atoms with van der Waals surface area (Å²) < 4.78 is 11.0. The van der Waals surface area contributed by atoms with Crippen LogP contribution >= 0.6 is 0 Å². The number of hydrogen-bond acceptors (Lipinski definition) is 3. The maximum Gasteiger partial charge on any atom is 0.338 e. The lowest BCUT2D eigenvalue weighted by Crippen LogP contribution is -2.44. The van der Waals surface area contributed by atoms with Crippen molar-refractivity contribution in [1.29, 1.82) is 0 Å². The lowest BCUT2D eigenvalue weighted by molar-refractivity contribution is 0.0599. The maximum atomic E-state index is 11.7. The molecule has 0 fully saturated rings. The van der Waals surface area contributed by atoms with Crippen molar-refractivity contribution in [3.63, 3.8) is 0 Å². The lowest BCUT2D eigenvalue weighted by Gasteiger charge is -2.37. The molecular weight excluding hydrogens is 256 g/mol. The van der Waals surface area contributed by atoms with Gasteiger partial charge in [0.25, 0.3) is 0 Å². The fraction of sp³-hybridized carbons (Fsp3) is 0.533. The molecule has 4 heteroatoms. The zero-order chi connectivity index (χ0) is 14.8. The molecule has 0 saturated carbocycles. The van der Waals surface area contributed by atoms with Crippen LogP contribution < -0.4 is 4.43 Å². The minimum atomic E-state index is -1.90. The molecular formula is C15H24O3Si. The van der Waals surface area contributed by atoms with E-state index in [0.29, 0.717) is 5.56 Å². The van der Waals surface area contributed by atoms with Crippen molar-refractivity contribution in [3.8, 4) is 5.75 Å². The Morgan fingerprint density at radius 1 is 1.21 bits per heavy atom. The largest absolute Gasteiger partial charge is 0.543 e. The Balaban J connectivity index is 3.14. The molecule has 0 aliphatic rings. The smallest absolute Gasteiger partial charge is 0.338 e. The Kier molecular flexibility index (Phi) is 4.45. The van der Waals surface area contributed by atoms with E-state index in [1.165, 1.54) is 7.11 Å². The number of ether oxygens (including phenoxy) is 1. The van der Waals surface area contributed by atoms with Crippen LogP contribution in [-0.4, -0.2) is 21.4 Å². The van der Waals surface area contributed by atoms with Gasteiger partial charge in [-0.25, -0.2) is 4.79 Å². The van der Waals surface area contributed by atoms with Crippen molar-refractivity contribution in [2.24, 2.45) is 0 Å². The van der Waals surface area contributed by atoms with Crippen molar-refractivity contribution >= 4 is 14.3 Å². The van der Waals surface area contributed by atoms with Gasteiger partial charge in [-0.1, -0.05) is 26.8 Å². The summed E-state index contributed by atoms with van der Waals surface area (Å²) in [5.74, 6) is 0.465. The van der Waals surface area contributed by atoms with Gasteiger partial charge in [0.1, 0.15) is 5.75 Å². The average Bonchev–Trinajstić information content (AvgIpc) is 2.29. The molecule has 0 radical (unpaired) electrons. The summed E-state index contributed by atoms with van der Waals surface area (Å²) >= 11 is 0. The van der Waals surface area contributed by atoms with Crippen LogP contribution in [0.25, 0.3) is 0 Å².